The Labute approximate surface area is 233 Å². The molecule has 3 aromatic carbocycles. The van der Waals surface area contributed by atoms with Gasteiger partial charge < -0.3 is 10.4 Å². The number of carbonyl (C=O) groups excluding carboxylic acids is 1. The van der Waals surface area contributed by atoms with Gasteiger partial charge in [0.15, 0.2) is 0 Å². The van der Waals surface area contributed by atoms with Crippen LogP contribution in [0, 0.1) is 18.2 Å². The van der Waals surface area contributed by atoms with Gasteiger partial charge in [-0.3, -0.25) is 9.59 Å². The van der Waals surface area contributed by atoms with Crippen molar-refractivity contribution in [2.75, 3.05) is 0 Å². The van der Waals surface area contributed by atoms with Crippen molar-refractivity contribution >= 4 is 44.3 Å². The number of fused-ring (bicyclic) bond motifs is 3. The first kappa shape index (κ1) is 25.4. The highest BCUT2D eigenvalue weighted by molar-refractivity contribution is 9.10. The lowest BCUT2D eigenvalue weighted by Gasteiger charge is -2.51. The van der Waals surface area contributed by atoms with Gasteiger partial charge in [-0.2, -0.15) is 0 Å². The zero-order valence-electron chi connectivity index (χ0n) is 21.3. The molecular weight excluding hydrogens is 559 g/mol. The minimum atomic E-state index is -1.06. The normalized spacial score (nSPS) is 22.0. The highest BCUT2D eigenvalue weighted by Gasteiger charge is 2.54. The van der Waals surface area contributed by atoms with Gasteiger partial charge in [0.1, 0.15) is 5.82 Å². The summed E-state index contributed by atoms with van der Waals surface area (Å²) in [4.78, 5) is 31.5. The summed E-state index contributed by atoms with van der Waals surface area (Å²) in [5.41, 5.74) is 2.46. The predicted octanol–water partition coefficient (Wildman–Crippen LogP) is 7.32. The SMILES string of the molecule is Cc1c(-c2ccccc2)nc2ccc(Br)cc2c1C(=O)NC12CCC(C(=O)O)(C=C1c1ccccc1F)CC2. The van der Waals surface area contributed by atoms with Crippen molar-refractivity contribution in [3.8, 4) is 11.3 Å². The third-order valence-electron chi connectivity index (χ3n) is 8.34. The number of amides is 1. The van der Waals surface area contributed by atoms with Crippen LogP contribution < -0.4 is 5.32 Å². The number of pyridine rings is 1. The summed E-state index contributed by atoms with van der Waals surface area (Å²) < 4.78 is 15.9. The number of carbonyl (C=O) groups is 2. The van der Waals surface area contributed by atoms with Crippen LogP contribution in [0.1, 0.15) is 47.2 Å². The molecule has 39 heavy (non-hydrogen) atoms. The van der Waals surface area contributed by atoms with Gasteiger partial charge in [0.25, 0.3) is 5.91 Å². The number of aromatic nitrogens is 1. The quantitative estimate of drug-likeness (QED) is 0.257. The molecule has 0 atom stereocenters. The van der Waals surface area contributed by atoms with E-state index in [0.29, 0.717) is 53.3 Å². The van der Waals surface area contributed by atoms with Crippen LogP contribution in [0.25, 0.3) is 27.7 Å². The van der Waals surface area contributed by atoms with Crippen LogP contribution in [0.2, 0.25) is 0 Å². The van der Waals surface area contributed by atoms with Crippen LogP contribution in [0.4, 0.5) is 4.39 Å². The minimum absolute atomic E-state index is 0.290. The number of benzene rings is 3. The van der Waals surface area contributed by atoms with Crippen molar-refractivity contribution in [2.24, 2.45) is 5.41 Å². The number of carboxylic acid groups (broad SMARTS) is 1. The van der Waals surface area contributed by atoms with Gasteiger partial charge in [-0.15, -0.1) is 0 Å². The second-order valence-corrected chi connectivity index (χ2v) is 11.4. The Hall–Kier alpha value is -3.84. The lowest BCUT2D eigenvalue weighted by Crippen LogP contribution is -2.57. The maximum Gasteiger partial charge on any atom is 0.313 e. The molecule has 0 aliphatic heterocycles. The van der Waals surface area contributed by atoms with E-state index in [1.165, 1.54) is 6.07 Å². The summed E-state index contributed by atoms with van der Waals surface area (Å²) in [7, 11) is 0. The smallest absolute Gasteiger partial charge is 0.313 e. The summed E-state index contributed by atoms with van der Waals surface area (Å²) in [6, 6.07) is 21.8. The van der Waals surface area contributed by atoms with E-state index in [1.807, 2.05) is 55.5 Å². The molecule has 2 N–H and O–H groups in total. The maximum absolute atomic E-state index is 15.1. The fraction of sp³-hybridized carbons (Fsp3) is 0.219. The first-order chi connectivity index (χ1) is 18.7. The fourth-order valence-corrected chi connectivity index (χ4v) is 6.58. The van der Waals surface area contributed by atoms with E-state index in [-0.39, 0.29) is 5.91 Å². The van der Waals surface area contributed by atoms with Crippen molar-refractivity contribution < 1.29 is 19.1 Å². The molecule has 1 fully saturated rings. The molecule has 0 spiro atoms. The van der Waals surface area contributed by atoms with Crippen LogP contribution in [0.5, 0.6) is 0 Å². The molecule has 2 bridgehead atoms. The molecule has 1 heterocycles. The average Bonchev–Trinajstić information content (AvgIpc) is 2.94. The number of hydrogen-bond donors (Lipinski definition) is 2. The predicted molar refractivity (Wildman–Crippen MR) is 153 cm³/mol. The molecule has 1 amide bonds. The Bertz CT molecular complexity index is 1670. The number of nitrogens with zero attached hydrogens (tertiary/aromatic N) is 1. The molecule has 196 valence electrons. The monoisotopic (exact) mass is 584 g/mol. The molecule has 3 aliphatic carbocycles. The van der Waals surface area contributed by atoms with Crippen molar-refractivity contribution in [3.63, 3.8) is 0 Å². The Kier molecular flexibility index (Phi) is 6.14. The number of rotatable bonds is 5. The van der Waals surface area contributed by atoms with E-state index in [2.05, 4.69) is 21.2 Å². The minimum Gasteiger partial charge on any atom is -0.481 e. The molecular formula is C32H26BrFN2O3. The van der Waals surface area contributed by atoms with E-state index in [1.54, 1.807) is 24.3 Å². The van der Waals surface area contributed by atoms with Crippen molar-refractivity contribution in [3.05, 3.63) is 106 Å². The highest BCUT2D eigenvalue weighted by atomic mass is 79.9. The third kappa shape index (κ3) is 4.16. The van der Waals surface area contributed by atoms with Crippen molar-refractivity contribution in [2.45, 2.75) is 38.1 Å². The number of carboxylic acids is 1. The summed E-state index contributed by atoms with van der Waals surface area (Å²) in [5, 5.41) is 14.1. The van der Waals surface area contributed by atoms with Crippen molar-refractivity contribution in [1.29, 1.82) is 0 Å². The molecule has 5 nitrogen and oxygen atoms in total. The molecule has 0 radical (unpaired) electrons. The van der Waals surface area contributed by atoms with E-state index >= 15 is 4.39 Å². The maximum atomic E-state index is 15.1. The first-order valence-electron chi connectivity index (χ1n) is 12.9. The largest absolute Gasteiger partial charge is 0.481 e. The molecule has 0 saturated heterocycles. The van der Waals surface area contributed by atoms with Crippen LogP contribution in [0.15, 0.2) is 83.3 Å². The molecule has 1 aromatic heterocycles. The van der Waals surface area contributed by atoms with Crippen molar-refractivity contribution in [1.82, 2.24) is 10.3 Å². The third-order valence-corrected chi connectivity index (χ3v) is 8.83. The molecule has 4 aromatic rings. The Morgan fingerprint density at radius 2 is 1.67 bits per heavy atom. The molecule has 1 saturated carbocycles. The van der Waals surface area contributed by atoms with Crippen LogP contribution in [-0.4, -0.2) is 27.5 Å². The van der Waals surface area contributed by atoms with Gasteiger partial charge >= 0.3 is 5.97 Å². The lowest BCUT2D eigenvalue weighted by atomic mass is 9.57. The zero-order valence-corrected chi connectivity index (χ0v) is 22.9. The van der Waals surface area contributed by atoms with Crippen LogP contribution in [-0.2, 0) is 4.79 Å². The molecule has 7 rings (SSSR count). The second kappa shape index (κ2) is 9.42. The van der Waals surface area contributed by atoms with E-state index in [0.717, 1.165) is 21.3 Å². The summed E-state index contributed by atoms with van der Waals surface area (Å²) in [6.07, 6.45) is 3.24. The van der Waals surface area contributed by atoms with E-state index in [9.17, 15) is 14.7 Å². The zero-order chi connectivity index (χ0) is 27.4. The fourth-order valence-electron chi connectivity index (χ4n) is 6.21. The van der Waals surface area contributed by atoms with Crippen LogP contribution in [0.3, 0.4) is 0 Å². The van der Waals surface area contributed by atoms with Gasteiger partial charge in [0.05, 0.1) is 27.7 Å². The van der Waals surface area contributed by atoms with Crippen LogP contribution >= 0.6 is 15.9 Å². The van der Waals surface area contributed by atoms with Gasteiger partial charge in [-0.25, -0.2) is 9.37 Å². The van der Waals surface area contributed by atoms with Gasteiger partial charge in [0, 0.05) is 21.0 Å². The summed E-state index contributed by atoms with van der Waals surface area (Å²) in [6.45, 7) is 1.90. The lowest BCUT2D eigenvalue weighted by molar-refractivity contribution is -0.148. The number of hydrogen-bond acceptors (Lipinski definition) is 3. The van der Waals surface area contributed by atoms with Gasteiger partial charge in [0.2, 0.25) is 0 Å². The van der Waals surface area contributed by atoms with E-state index in [4.69, 9.17) is 4.98 Å². The summed E-state index contributed by atoms with van der Waals surface area (Å²) >= 11 is 3.53. The average molecular weight is 585 g/mol. The van der Waals surface area contributed by atoms with Gasteiger partial charge in [-0.1, -0.05) is 70.5 Å². The molecule has 0 unspecified atom stereocenters. The number of nitrogens with one attached hydrogen (secondary N) is 1. The topological polar surface area (TPSA) is 79.3 Å². The number of halogens is 2. The van der Waals surface area contributed by atoms with E-state index < -0.39 is 22.7 Å². The Balaban J connectivity index is 1.51. The number of aliphatic carboxylic acids is 1. The highest BCUT2D eigenvalue weighted by Crippen LogP contribution is 2.54. The molecule has 7 heteroatoms. The Morgan fingerprint density at radius 3 is 2.36 bits per heavy atom. The summed E-state index contributed by atoms with van der Waals surface area (Å²) in [5.74, 6) is -1.64. The van der Waals surface area contributed by atoms with Gasteiger partial charge in [-0.05, 0) is 68.0 Å². The first-order valence-corrected chi connectivity index (χ1v) is 13.7. The standard InChI is InChI=1S/C32H26BrFN2O3/c1-19-27(23-17-21(33)11-12-26(23)35-28(19)20-7-3-2-4-8-20)29(37)36-32-15-13-31(14-16-32,30(38)39)18-24(32)22-9-5-6-10-25(22)34/h2-12,17-18H,13-16H2,1H3,(H,36,37)(H,38,39). The molecule has 3 aliphatic rings. The second-order valence-electron chi connectivity index (χ2n) is 10.5. The Morgan fingerprint density at radius 1 is 0.974 bits per heavy atom.